The molecule has 7 nitrogen and oxygen atoms in total. The van der Waals surface area contributed by atoms with Gasteiger partial charge in [0.15, 0.2) is 0 Å². The van der Waals surface area contributed by atoms with Crippen molar-refractivity contribution in [3.63, 3.8) is 0 Å². The van der Waals surface area contributed by atoms with Crippen molar-refractivity contribution in [2.75, 3.05) is 6.54 Å². The van der Waals surface area contributed by atoms with Crippen LogP contribution in [-0.2, 0) is 27.4 Å². The molecule has 1 unspecified atom stereocenters. The smallest absolute Gasteiger partial charge is 0.304 e. The topological polar surface area (TPSA) is 101 Å². The zero-order valence-corrected chi connectivity index (χ0v) is 25.5. The number of carbonyl (C=O) groups excluding carboxylic acids is 1. The van der Waals surface area contributed by atoms with E-state index in [1.165, 1.54) is 4.31 Å². The van der Waals surface area contributed by atoms with E-state index in [1.807, 2.05) is 65.6 Å². The highest BCUT2D eigenvalue weighted by atomic mass is 35.5. The molecular formula is C32H33Cl2N2O5S-. The molecule has 1 N–H and O–H groups in total. The summed E-state index contributed by atoms with van der Waals surface area (Å²) >= 11 is 10.1. The molecule has 0 bridgehead atoms. The Labute approximate surface area is 258 Å². The number of rotatable bonds is 11. The molecule has 3 aromatic rings. The zero-order valence-electron chi connectivity index (χ0n) is 23.2. The monoisotopic (exact) mass is 627 g/mol. The number of carbonyl (C=O) groups is 2. The summed E-state index contributed by atoms with van der Waals surface area (Å²) in [6.45, 7) is 1.97. The van der Waals surface area contributed by atoms with Gasteiger partial charge in [0.2, 0.25) is 5.91 Å². The first-order valence-electron chi connectivity index (χ1n) is 14.0. The van der Waals surface area contributed by atoms with Crippen LogP contribution in [0.4, 0.5) is 0 Å². The molecule has 1 aliphatic carbocycles. The van der Waals surface area contributed by atoms with Gasteiger partial charge in [-0.25, -0.2) is 4.31 Å². The van der Waals surface area contributed by atoms with Gasteiger partial charge in [0.05, 0.1) is 17.9 Å². The van der Waals surface area contributed by atoms with E-state index in [0.717, 1.165) is 29.5 Å². The van der Waals surface area contributed by atoms with E-state index < -0.39 is 34.7 Å². The van der Waals surface area contributed by atoms with Gasteiger partial charge in [0.25, 0.3) is 0 Å². The number of carboxylic acids is 1. The number of nitrogens with zero attached hydrogens (tertiary/aromatic N) is 2. The first kappa shape index (κ1) is 30.7. The zero-order chi connectivity index (χ0) is 30.0. The standard InChI is InChI=1S/C32H34Cl2N2O5S/c1-32(18-29(37)38)17-27(24-8-5-9-26(34)16-24)30(23-12-14-25(33)15-13-23)36(31(32)39)28(22-10-11-22)20-35(42(40)41)19-21-6-3-2-4-7-21/h2-9,12-16,22,27-28,30H,10-11,17-20H2,1H3,(H,37,38)(H,40,41)/p-1/t27-,28-,30-,32-/m1/s1. The molecule has 1 heterocycles. The largest absolute Gasteiger partial charge is 0.760 e. The van der Waals surface area contributed by atoms with Crippen molar-refractivity contribution in [2.45, 2.75) is 57.2 Å². The van der Waals surface area contributed by atoms with E-state index in [0.29, 0.717) is 16.5 Å². The van der Waals surface area contributed by atoms with Gasteiger partial charge in [-0.1, -0.05) is 84.7 Å². The Morgan fingerprint density at radius 1 is 1.05 bits per heavy atom. The molecule has 1 amide bonds. The summed E-state index contributed by atoms with van der Waals surface area (Å²) in [5.74, 6) is -1.56. The minimum Gasteiger partial charge on any atom is -0.760 e. The second-order valence-corrected chi connectivity index (χ2v) is 13.5. The van der Waals surface area contributed by atoms with E-state index in [-0.39, 0.29) is 37.3 Å². The van der Waals surface area contributed by atoms with Crippen molar-refractivity contribution in [1.82, 2.24) is 9.21 Å². The Morgan fingerprint density at radius 3 is 2.33 bits per heavy atom. The number of halogens is 2. The van der Waals surface area contributed by atoms with Crippen molar-refractivity contribution in [1.29, 1.82) is 0 Å². The van der Waals surface area contributed by atoms with Crippen LogP contribution in [0.1, 0.15) is 61.3 Å². The van der Waals surface area contributed by atoms with Crippen LogP contribution in [0.15, 0.2) is 78.9 Å². The lowest BCUT2D eigenvalue weighted by atomic mass is 9.67. The first-order valence-corrected chi connectivity index (χ1v) is 15.8. The molecule has 10 heteroatoms. The number of hydrogen-bond acceptors (Lipinski definition) is 4. The molecule has 2 aliphatic rings. The average Bonchev–Trinajstić information content (AvgIpc) is 3.79. The van der Waals surface area contributed by atoms with Gasteiger partial charge in [0, 0.05) is 46.4 Å². The molecule has 5 atom stereocenters. The lowest BCUT2D eigenvalue weighted by molar-refractivity contribution is -0.161. The molecule has 0 spiro atoms. The molecule has 3 aromatic carbocycles. The SMILES string of the molecule is C[C@]1(CC(=O)O)C[C@H](c2cccc(Cl)c2)[C@@H](c2ccc(Cl)cc2)N([C@H](CN(Cc2ccccc2)S(=O)[O-])C2CC2)C1=O. The van der Waals surface area contributed by atoms with Gasteiger partial charge >= 0.3 is 5.97 Å². The number of amides is 1. The van der Waals surface area contributed by atoms with Gasteiger partial charge in [-0.3, -0.25) is 13.8 Å². The number of hydrogen-bond donors (Lipinski definition) is 1. The van der Waals surface area contributed by atoms with Gasteiger partial charge in [-0.2, -0.15) is 0 Å². The fourth-order valence-electron chi connectivity index (χ4n) is 6.36. The van der Waals surface area contributed by atoms with Crippen molar-refractivity contribution in [3.05, 3.63) is 106 Å². The summed E-state index contributed by atoms with van der Waals surface area (Å²) < 4.78 is 26.5. The highest BCUT2D eigenvalue weighted by molar-refractivity contribution is 7.76. The summed E-state index contributed by atoms with van der Waals surface area (Å²) in [4.78, 5) is 28.5. The van der Waals surface area contributed by atoms with Crippen molar-refractivity contribution in [2.24, 2.45) is 11.3 Å². The lowest BCUT2D eigenvalue weighted by Crippen LogP contribution is -2.59. The molecule has 2 fully saturated rings. The highest BCUT2D eigenvalue weighted by Gasteiger charge is 2.54. The van der Waals surface area contributed by atoms with E-state index in [2.05, 4.69) is 0 Å². The molecule has 1 saturated carbocycles. The average molecular weight is 629 g/mol. The summed E-state index contributed by atoms with van der Waals surface area (Å²) in [6, 6.07) is 23.2. The Kier molecular flexibility index (Phi) is 9.40. The Bertz CT molecular complexity index is 1450. The molecule has 1 saturated heterocycles. The van der Waals surface area contributed by atoms with Crippen LogP contribution in [0.3, 0.4) is 0 Å². The fraction of sp³-hybridized carbons (Fsp3) is 0.375. The molecule has 0 radical (unpaired) electrons. The predicted octanol–water partition coefficient (Wildman–Crippen LogP) is 6.61. The molecule has 42 heavy (non-hydrogen) atoms. The number of carboxylic acid groups (broad SMARTS) is 1. The van der Waals surface area contributed by atoms with E-state index in [4.69, 9.17) is 23.2 Å². The van der Waals surface area contributed by atoms with Crippen LogP contribution in [0.5, 0.6) is 0 Å². The molecule has 222 valence electrons. The summed E-state index contributed by atoms with van der Waals surface area (Å²) in [7, 11) is 0. The second kappa shape index (κ2) is 12.9. The van der Waals surface area contributed by atoms with Gasteiger partial charge < -0.3 is 14.6 Å². The summed E-state index contributed by atoms with van der Waals surface area (Å²) in [5.41, 5.74) is 1.36. The van der Waals surface area contributed by atoms with Crippen molar-refractivity contribution >= 4 is 46.3 Å². The molecular weight excluding hydrogens is 595 g/mol. The second-order valence-electron chi connectivity index (χ2n) is 11.6. The van der Waals surface area contributed by atoms with Crippen molar-refractivity contribution in [3.8, 4) is 0 Å². The van der Waals surface area contributed by atoms with E-state index >= 15 is 0 Å². The number of piperidine rings is 1. The number of aliphatic carboxylic acids is 1. The minimum atomic E-state index is -2.55. The van der Waals surface area contributed by atoms with Crippen LogP contribution in [0.25, 0.3) is 0 Å². The quantitative estimate of drug-likeness (QED) is 0.241. The third-order valence-corrected chi connectivity index (χ3v) is 9.65. The molecule has 1 aliphatic heterocycles. The van der Waals surface area contributed by atoms with E-state index in [9.17, 15) is 23.5 Å². The Morgan fingerprint density at radius 2 is 1.74 bits per heavy atom. The first-order chi connectivity index (χ1) is 20.1. The summed E-state index contributed by atoms with van der Waals surface area (Å²) in [6.07, 6.45) is 1.65. The number of benzene rings is 3. The van der Waals surface area contributed by atoms with Gasteiger partial charge in [-0.15, -0.1) is 0 Å². The van der Waals surface area contributed by atoms with E-state index in [1.54, 1.807) is 25.1 Å². The third-order valence-electron chi connectivity index (χ3n) is 8.46. The van der Waals surface area contributed by atoms with Gasteiger partial charge in [-0.05, 0) is 66.1 Å². The fourth-order valence-corrected chi connectivity index (χ4v) is 7.22. The van der Waals surface area contributed by atoms with Crippen LogP contribution < -0.4 is 0 Å². The maximum absolute atomic E-state index is 14.6. The maximum Gasteiger partial charge on any atom is 0.304 e. The minimum absolute atomic E-state index is 0.0813. The van der Waals surface area contributed by atoms with Crippen LogP contribution in [-0.4, -0.2) is 47.5 Å². The Balaban J connectivity index is 1.64. The predicted molar refractivity (Wildman–Crippen MR) is 162 cm³/mol. The molecule has 5 rings (SSSR count). The lowest BCUT2D eigenvalue weighted by Gasteiger charge is -2.52. The van der Waals surface area contributed by atoms with Crippen LogP contribution >= 0.6 is 23.2 Å². The number of likely N-dealkylation sites (tertiary alicyclic amines) is 1. The van der Waals surface area contributed by atoms with Crippen LogP contribution in [0.2, 0.25) is 10.0 Å². The van der Waals surface area contributed by atoms with Gasteiger partial charge in [0.1, 0.15) is 0 Å². The van der Waals surface area contributed by atoms with Crippen LogP contribution in [0, 0.1) is 11.3 Å². The normalized spacial score (nSPS) is 24.0. The van der Waals surface area contributed by atoms with Crippen molar-refractivity contribution < 1.29 is 23.5 Å². The summed E-state index contributed by atoms with van der Waals surface area (Å²) in [5, 5.41) is 11.0. The molecule has 0 aromatic heterocycles. The maximum atomic E-state index is 14.6. The Hall–Kier alpha value is -2.75. The highest BCUT2D eigenvalue weighted by Crippen LogP contribution is 2.54. The third kappa shape index (κ3) is 6.90.